The number of hydrogen-bond acceptors (Lipinski definition) is 6. The van der Waals surface area contributed by atoms with Crippen LogP contribution >= 0.6 is 11.8 Å². The first-order valence-corrected chi connectivity index (χ1v) is 12.7. The van der Waals surface area contributed by atoms with E-state index in [1.165, 1.54) is 0 Å². The van der Waals surface area contributed by atoms with Crippen LogP contribution in [0.25, 0.3) is 0 Å². The van der Waals surface area contributed by atoms with E-state index in [9.17, 15) is 14.4 Å². The maximum Gasteiger partial charge on any atom is 0.311 e. The number of fused-ring (bicyclic) bond motifs is 1. The van der Waals surface area contributed by atoms with Crippen molar-refractivity contribution in [1.29, 1.82) is 0 Å². The summed E-state index contributed by atoms with van der Waals surface area (Å²) in [6.45, 7) is 7.51. The predicted octanol–water partition coefficient (Wildman–Crippen LogP) is 2.50. The number of carbonyl (C=O) groups is 3. The molecule has 3 saturated heterocycles. The van der Waals surface area contributed by atoms with E-state index >= 15 is 0 Å². The number of nitrogens with zero attached hydrogens (tertiary/aromatic N) is 1. The molecule has 2 unspecified atom stereocenters. The summed E-state index contributed by atoms with van der Waals surface area (Å²) in [6.07, 6.45) is 6.82. The van der Waals surface area contributed by atoms with Crippen LogP contribution in [-0.2, 0) is 19.1 Å². The summed E-state index contributed by atoms with van der Waals surface area (Å²) in [5.41, 5.74) is 0. The second-order valence-corrected chi connectivity index (χ2v) is 11.2. The number of aliphatic hydroxyl groups excluding tert-OH is 1. The van der Waals surface area contributed by atoms with Gasteiger partial charge in [-0.2, -0.15) is 0 Å². The number of amides is 2. The molecule has 0 radical (unpaired) electrons. The molecule has 0 aliphatic carbocycles. The Hall–Kier alpha value is -1.28. The molecule has 31 heavy (non-hydrogen) atoms. The number of rotatable bonds is 12. The van der Waals surface area contributed by atoms with Crippen LogP contribution in [0.4, 0.5) is 0 Å². The van der Waals surface area contributed by atoms with Crippen LogP contribution in [-0.4, -0.2) is 69.6 Å². The maximum absolute atomic E-state index is 13.7. The molecule has 3 aliphatic rings. The molecule has 8 heteroatoms. The van der Waals surface area contributed by atoms with Gasteiger partial charge in [0.2, 0.25) is 11.8 Å². The Morgan fingerprint density at radius 2 is 1.94 bits per heavy atom. The largest absolute Gasteiger partial charge is 0.466 e. The molecule has 0 aromatic rings. The van der Waals surface area contributed by atoms with Gasteiger partial charge in [-0.25, -0.2) is 0 Å². The molecule has 2 amide bonds. The lowest BCUT2D eigenvalue weighted by Gasteiger charge is -2.34. The molecule has 5 atom stereocenters. The number of likely N-dealkylation sites (tertiary alicyclic amines) is 1. The summed E-state index contributed by atoms with van der Waals surface area (Å²) in [4.78, 5) is 41.7. The average molecular weight is 455 g/mol. The third kappa shape index (κ3) is 4.34. The van der Waals surface area contributed by atoms with Gasteiger partial charge in [-0.15, -0.1) is 11.8 Å². The number of thioether (sulfide) groups is 1. The van der Waals surface area contributed by atoms with E-state index in [2.05, 4.69) is 19.2 Å². The van der Waals surface area contributed by atoms with Crippen molar-refractivity contribution >= 4 is 29.5 Å². The van der Waals surface area contributed by atoms with Crippen molar-refractivity contribution in [1.82, 2.24) is 10.2 Å². The summed E-state index contributed by atoms with van der Waals surface area (Å²) in [7, 11) is 0. The van der Waals surface area contributed by atoms with Crippen LogP contribution in [0.5, 0.6) is 0 Å². The number of ether oxygens (including phenoxy) is 1. The van der Waals surface area contributed by atoms with Gasteiger partial charge in [-0.1, -0.05) is 26.2 Å². The molecule has 2 N–H and O–H groups in total. The Balaban J connectivity index is 1.86. The van der Waals surface area contributed by atoms with Gasteiger partial charge in [-0.05, 0) is 46.0 Å². The van der Waals surface area contributed by atoms with Crippen LogP contribution in [0.2, 0.25) is 0 Å². The fourth-order valence-corrected chi connectivity index (χ4v) is 8.13. The lowest BCUT2D eigenvalue weighted by atomic mass is 9.66. The minimum atomic E-state index is -0.551. The van der Waals surface area contributed by atoms with Crippen LogP contribution < -0.4 is 5.32 Å². The third-order valence-electron chi connectivity index (χ3n) is 7.20. The van der Waals surface area contributed by atoms with Crippen LogP contribution in [0.1, 0.15) is 72.1 Å². The summed E-state index contributed by atoms with van der Waals surface area (Å²) in [6, 6.07) is -0.536. The highest BCUT2D eigenvalue weighted by molar-refractivity contribution is 8.02. The molecule has 3 heterocycles. The number of carbonyl (C=O) groups excluding carboxylic acids is 3. The predicted molar refractivity (Wildman–Crippen MR) is 121 cm³/mol. The van der Waals surface area contributed by atoms with Crippen molar-refractivity contribution in [2.45, 2.75) is 87.7 Å². The lowest BCUT2D eigenvalue weighted by Crippen LogP contribution is -2.53. The Morgan fingerprint density at radius 3 is 2.61 bits per heavy atom. The molecule has 176 valence electrons. The smallest absolute Gasteiger partial charge is 0.311 e. The fourth-order valence-electron chi connectivity index (χ4n) is 5.79. The molecular weight excluding hydrogens is 416 g/mol. The number of esters is 1. The monoisotopic (exact) mass is 454 g/mol. The van der Waals surface area contributed by atoms with Crippen molar-refractivity contribution < 1.29 is 24.2 Å². The second-order valence-electron chi connectivity index (χ2n) is 9.29. The van der Waals surface area contributed by atoms with Crippen LogP contribution in [0.3, 0.4) is 0 Å². The third-order valence-corrected chi connectivity index (χ3v) is 9.19. The lowest BCUT2D eigenvalue weighted by molar-refractivity contribution is -0.155. The summed E-state index contributed by atoms with van der Waals surface area (Å²) < 4.78 is 4.48. The highest BCUT2D eigenvalue weighted by atomic mass is 32.2. The molecule has 0 saturated carbocycles. The Labute approximate surface area is 190 Å². The minimum Gasteiger partial charge on any atom is -0.466 e. The van der Waals surface area contributed by atoms with Gasteiger partial charge < -0.3 is 20.1 Å². The van der Waals surface area contributed by atoms with Gasteiger partial charge in [0, 0.05) is 24.4 Å². The first-order valence-electron chi connectivity index (χ1n) is 11.9. The molecule has 0 aromatic carbocycles. The van der Waals surface area contributed by atoms with E-state index < -0.39 is 22.6 Å². The second kappa shape index (κ2) is 10.1. The molecule has 3 aliphatic heterocycles. The van der Waals surface area contributed by atoms with Crippen molar-refractivity contribution in [3.8, 4) is 0 Å². The Morgan fingerprint density at radius 1 is 1.19 bits per heavy atom. The van der Waals surface area contributed by atoms with E-state index in [-0.39, 0.29) is 29.1 Å². The number of unbranched alkanes of at least 4 members (excludes halogenated alkanes) is 4. The quantitative estimate of drug-likeness (QED) is 0.347. The zero-order valence-corrected chi connectivity index (χ0v) is 20.0. The average Bonchev–Trinajstić information content (AvgIpc) is 3.29. The van der Waals surface area contributed by atoms with E-state index in [0.717, 1.165) is 51.4 Å². The minimum absolute atomic E-state index is 0.0632. The molecule has 3 rings (SSSR count). The van der Waals surface area contributed by atoms with Crippen LogP contribution in [0, 0.1) is 11.8 Å². The number of nitrogens with one attached hydrogen (secondary N) is 1. The normalized spacial score (nSPS) is 33.6. The maximum atomic E-state index is 13.7. The fraction of sp³-hybridized carbons (Fsp3) is 0.870. The van der Waals surface area contributed by atoms with Gasteiger partial charge in [0.05, 0.1) is 23.2 Å². The number of aliphatic hydroxyl groups is 1. The zero-order chi connectivity index (χ0) is 22.6. The van der Waals surface area contributed by atoms with Gasteiger partial charge in [0.1, 0.15) is 6.04 Å². The first-order chi connectivity index (χ1) is 14.9. The highest BCUT2D eigenvalue weighted by Crippen LogP contribution is 2.71. The van der Waals surface area contributed by atoms with Crippen molar-refractivity contribution in [3.63, 3.8) is 0 Å². The molecule has 7 nitrogen and oxygen atoms in total. The van der Waals surface area contributed by atoms with Crippen LogP contribution in [0.15, 0.2) is 0 Å². The highest BCUT2D eigenvalue weighted by Gasteiger charge is 2.77. The molecule has 0 aromatic heterocycles. The van der Waals surface area contributed by atoms with E-state index in [1.54, 1.807) is 23.6 Å². The van der Waals surface area contributed by atoms with E-state index in [0.29, 0.717) is 19.7 Å². The molecular formula is C23H38N2O5S. The summed E-state index contributed by atoms with van der Waals surface area (Å²) in [5, 5.41) is 12.1. The van der Waals surface area contributed by atoms with Gasteiger partial charge in [0.15, 0.2) is 0 Å². The Kier molecular flexibility index (Phi) is 7.95. The standard InChI is InChI=1S/C23H38N2O5S/c1-4-6-13-24-19(27)18-23-12-11-22(3,31-23)17(21(29)30-5-2)16(23)20(28)25(18)14-9-7-8-10-15-26/h16-18,26H,4-15H2,1-3H3,(H,24,27)/t16-,17-,18?,22+,23?/m0/s1. The summed E-state index contributed by atoms with van der Waals surface area (Å²) >= 11 is 1.69. The summed E-state index contributed by atoms with van der Waals surface area (Å²) in [5.74, 6) is -1.43. The number of hydrogen-bond donors (Lipinski definition) is 2. The molecule has 1 spiro atoms. The van der Waals surface area contributed by atoms with Gasteiger partial charge >= 0.3 is 5.97 Å². The van der Waals surface area contributed by atoms with Gasteiger partial charge in [0.25, 0.3) is 0 Å². The Bertz CT molecular complexity index is 689. The first kappa shape index (κ1) is 24.4. The zero-order valence-electron chi connectivity index (χ0n) is 19.2. The van der Waals surface area contributed by atoms with Crippen molar-refractivity contribution in [3.05, 3.63) is 0 Å². The van der Waals surface area contributed by atoms with Crippen molar-refractivity contribution in [2.24, 2.45) is 11.8 Å². The van der Waals surface area contributed by atoms with E-state index in [1.807, 2.05) is 0 Å². The van der Waals surface area contributed by atoms with Crippen molar-refractivity contribution in [2.75, 3.05) is 26.3 Å². The van der Waals surface area contributed by atoms with E-state index in [4.69, 9.17) is 9.84 Å². The van der Waals surface area contributed by atoms with Gasteiger partial charge in [-0.3, -0.25) is 14.4 Å². The molecule has 2 bridgehead atoms. The topological polar surface area (TPSA) is 95.9 Å². The molecule has 3 fully saturated rings. The SMILES string of the molecule is CCCCNC(=O)C1N(CCCCCCO)C(=O)[C@@H]2[C@@H](C(=O)OCC)[C@@]3(C)CCC12S3.